The molecule has 3 rings (SSSR count). The van der Waals surface area contributed by atoms with Gasteiger partial charge in [-0.2, -0.15) is 5.10 Å². The van der Waals surface area contributed by atoms with Gasteiger partial charge in [0.1, 0.15) is 5.82 Å². The van der Waals surface area contributed by atoms with Crippen molar-refractivity contribution < 1.29 is 0 Å². The standard InChI is InChI=1S/C13H19N5/c1-2-9-17(8-1)10-3-6-14-12-5-11-18-13(16-12)4-7-15-18/h4-5,7,11H,1-3,6,8-10H2,(H,14,16). The van der Waals surface area contributed by atoms with Crippen molar-refractivity contribution in [3.05, 3.63) is 24.5 Å². The molecule has 0 aliphatic carbocycles. The minimum Gasteiger partial charge on any atom is -0.370 e. The number of likely N-dealkylation sites (tertiary alicyclic amines) is 1. The Bertz CT molecular complexity index is 501. The summed E-state index contributed by atoms with van der Waals surface area (Å²) >= 11 is 0. The van der Waals surface area contributed by atoms with Gasteiger partial charge in [-0.05, 0) is 45.0 Å². The Morgan fingerprint density at radius 3 is 3.00 bits per heavy atom. The maximum Gasteiger partial charge on any atom is 0.157 e. The second kappa shape index (κ2) is 5.35. The van der Waals surface area contributed by atoms with Gasteiger partial charge in [-0.1, -0.05) is 0 Å². The molecule has 1 aliphatic rings. The molecule has 1 saturated heterocycles. The zero-order valence-corrected chi connectivity index (χ0v) is 10.5. The van der Waals surface area contributed by atoms with E-state index in [1.807, 2.05) is 18.3 Å². The summed E-state index contributed by atoms with van der Waals surface area (Å²) < 4.78 is 1.77. The Hall–Kier alpha value is -1.62. The van der Waals surface area contributed by atoms with Crippen LogP contribution in [0, 0.1) is 0 Å². The van der Waals surface area contributed by atoms with Gasteiger partial charge in [0.2, 0.25) is 0 Å². The first kappa shape index (κ1) is 11.5. The third-order valence-corrected chi connectivity index (χ3v) is 3.41. The smallest absolute Gasteiger partial charge is 0.157 e. The second-order valence-electron chi connectivity index (χ2n) is 4.78. The van der Waals surface area contributed by atoms with Gasteiger partial charge >= 0.3 is 0 Å². The topological polar surface area (TPSA) is 45.5 Å². The van der Waals surface area contributed by atoms with Crippen molar-refractivity contribution >= 4 is 11.5 Å². The van der Waals surface area contributed by atoms with Crippen LogP contribution in [0.2, 0.25) is 0 Å². The van der Waals surface area contributed by atoms with Crippen LogP contribution in [0.3, 0.4) is 0 Å². The van der Waals surface area contributed by atoms with Crippen molar-refractivity contribution in [1.29, 1.82) is 0 Å². The van der Waals surface area contributed by atoms with Crippen molar-refractivity contribution in [1.82, 2.24) is 19.5 Å². The van der Waals surface area contributed by atoms with Gasteiger partial charge in [-0.3, -0.25) is 0 Å². The highest BCUT2D eigenvalue weighted by atomic mass is 15.2. The average molecular weight is 245 g/mol. The van der Waals surface area contributed by atoms with E-state index >= 15 is 0 Å². The number of nitrogens with zero attached hydrogens (tertiary/aromatic N) is 4. The van der Waals surface area contributed by atoms with Crippen LogP contribution >= 0.6 is 0 Å². The van der Waals surface area contributed by atoms with Gasteiger partial charge in [-0.15, -0.1) is 0 Å². The molecular formula is C13H19N5. The highest BCUT2D eigenvalue weighted by Crippen LogP contribution is 2.08. The molecule has 0 aromatic carbocycles. The van der Waals surface area contributed by atoms with Crippen LogP contribution in [0.15, 0.2) is 24.5 Å². The van der Waals surface area contributed by atoms with Gasteiger partial charge in [0.15, 0.2) is 5.65 Å². The molecule has 0 saturated carbocycles. The van der Waals surface area contributed by atoms with Gasteiger partial charge in [0.25, 0.3) is 0 Å². The molecule has 18 heavy (non-hydrogen) atoms. The molecule has 2 aromatic heterocycles. The SMILES string of the molecule is c1cc2nc(NCCCN3CCCC3)ccn2n1. The quantitative estimate of drug-likeness (QED) is 0.813. The average Bonchev–Trinajstić information content (AvgIpc) is 3.05. The molecule has 5 nitrogen and oxygen atoms in total. The summed E-state index contributed by atoms with van der Waals surface area (Å²) in [5.74, 6) is 0.935. The van der Waals surface area contributed by atoms with Gasteiger partial charge in [0, 0.05) is 18.8 Å². The number of aromatic nitrogens is 3. The largest absolute Gasteiger partial charge is 0.370 e. The normalized spacial score (nSPS) is 16.4. The lowest BCUT2D eigenvalue weighted by atomic mass is 10.4. The molecule has 5 heteroatoms. The summed E-state index contributed by atoms with van der Waals surface area (Å²) in [7, 11) is 0. The molecule has 2 aromatic rings. The van der Waals surface area contributed by atoms with Crippen molar-refractivity contribution in [2.45, 2.75) is 19.3 Å². The molecule has 1 aliphatic heterocycles. The first-order valence-corrected chi connectivity index (χ1v) is 6.68. The minimum absolute atomic E-state index is 0.888. The minimum atomic E-state index is 0.888. The number of rotatable bonds is 5. The summed E-state index contributed by atoms with van der Waals surface area (Å²) in [6, 6.07) is 3.88. The number of anilines is 1. The molecule has 0 amide bonds. The third kappa shape index (κ3) is 2.61. The number of nitrogens with one attached hydrogen (secondary N) is 1. The molecule has 0 radical (unpaired) electrons. The second-order valence-corrected chi connectivity index (χ2v) is 4.78. The summed E-state index contributed by atoms with van der Waals surface area (Å²) in [5, 5.41) is 7.50. The molecule has 0 bridgehead atoms. The maximum absolute atomic E-state index is 4.48. The fourth-order valence-electron chi connectivity index (χ4n) is 2.44. The first-order chi connectivity index (χ1) is 8.92. The Labute approximate surface area is 107 Å². The molecule has 0 unspecified atom stereocenters. The lowest BCUT2D eigenvalue weighted by molar-refractivity contribution is 0.337. The molecule has 1 fully saturated rings. The maximum atomic E-state index is 4.48. The van der Waals surface area contributed by atoms with E-state index in [-0.39, 0.29) is 0 Å². The highest BCUT2D eigenvalue weighted by molar-refractivity contribution is 5.45. The van der Waals surface area contributed by atoms with E-state index < -0.39 is 0 Å². The summed E-state index contributed by atoms with van der Waals surface area (Å²) in [4.78, 5) is 7.02. The van der Waals surface area contributed by atoms with Crippen molar-refractivity contribution in [3.63, 3.8) is 0 Å². The van der Waals surface area contributed by atoms with E-state index in [0.717, 1.165) is 18.0 Å². The summed E-state index contributed by atoms with van der Waals surface area (Å²) in [5.41, 5.74) is 0.888. The van der Waals surface area contributed by atoms with Gasteiger partial charge in [0.05, 0.1) is 6.20 Å². The molecule has 1 N–H and O–H groups in total. The van der Waals surface area contributed by atoms with Crippen molar-refractivity contribution in [2.75, 3.05) is 31.5 Å². The van der Waals surface area contributed by atoms with Gasteiger partial charge in [-0.25, -0.2) is 9.50 Å². The third-order valence-electron chi connectivity index (χ3n) is 3.41. The Morgan fingerprint density at radius 1 is 1.22 bits per heavy atom. The fourth-order valence-corrected chi connectivity index (χ4v) is 2.44. The Kier molecular flexibility index (Phi) is 3.41. The van der Waals surface area contributed by atoms with E-state index in [4.69, 9.17) is 0 Å². The lowest BCUT2D eigenvalue weighted by Gasteiger charge is -2.14. The predicted molar refractivity (Wildman–Crippen MR) is 71.8 cm³/mol. The monoisotopic (exact) mass is 245 g/mol. The van der Waals surface area contributed by atoms with E-state index in [0.29, 0.717) is 0 Å². The van der Waals surface area contributed by atoms with E-state index in [1.165, 1.54) is 38.9 Å². The number of fused-ring (bicyclic) bond motifs is 1. The van der Waals surface area contributed by atoms with Crippen molar-refractivity contribution in [2.24, 2.45) is 0 Å². The van der Waals surface area contributed by atoms with E-state index in [2.05, 4.69) is 20.3 Å². The Morgan fingerprint density at radius 2 is 2.11 bits per heavy atom. The van der Waals surface area contributed by atoms with Crippen LogP contribution in [0.25, 0.3) is 5.65 Å². The zero-order valence-electron chi connectivity index (χ0n) is 10.5. The lowest BCUT2D eigenvalue weighted by Crippen LogP contribution is -2.22. The highest BCUT2D eigenvalue weighted by Gasteiger charge is 2.10. The van der Waals surface area contributed by atoms with Gasteiger partial charge < -0.3 is 10.2 Å². The van der Waals surface area contributed by atoms with Crippen LogP contribution in [0.4, 0.5) is 5.82 Å². The molecular weight excluding hydrogens is 226 g/mol. The van der Waals surface area contributed by atoms with Crippen LogP contribution in [-0.2, 0) is 0 Å². The van der Waals surface area contributed by atoms with Crippen LogP contribution < -0.4 is 5.32 Å². The molecule has 96 valence electrons. The van der Waals surface area contributed by atoms with Crippen LogP contribution in [0.5, 0.6) is 0 Å². The number of hydrogen-bond donors (Lipinski definition) is 1. The van der Waals surface area contributed by atoms with Crippen LogP contribution in [0.1, 0.15) is 19.3 Å². The van der Waals surface area contributed by atoms with E-state index in [1.54, 1.807) is 10.7 Å². The summed E-state index contributed by atoms with van der Waals surface area (Å²) in [6.45, 7) is 4.73. The molecule has 3 heterocycles. The number of hydrogen-bond acceptors (Lipinski definition) is 4. The zero-order chi connectivity index (χ0) is 12.2. The van der Waals surface area contributed by atoms with E-state index in [9.17, 15) is 0 Å². The predicted octanol–water partition coefficient (Wildman–Crippen LogP) is 1.63. The Balaban J connectivity index is 1.47. The first-order valence-electron chi connectivity index (χ1n) is 6.68. The summed E-state index contributed by atoms with van der Waals surface area (Å²) in [6.07, 6.45) is 7.61. The van der Waals surface area contributed by atoms with Crippen molar-refractivity contribution in [3.8, 4) is 0 Å². The molecule has 0 spiro atoms. The fraction of sp³-hybridized carbons (Fsp3) is 0.538. The molecule has 0 atom stereocenters. The van der Waals surface area contributed by atoms with Crippen LogP contribution in [-0.4, -0.2) is 45.7 Å².